The van der Waals surface area contributed by atoms with E-state index in [1.54, 1.807) is 0 Å². The van der Waals surface area contributed by atoms with E-state index in [2.05, 4.69) is 161 Å². The summed E-state index contributed by atoms with van der Waals surface area (Å²) in [7, 11) is -9.98. The van der Waals surface area contributed by atoms with E-state index in [-0.39, 0.29) is 25.7 Å². The molecule has 5 atom stereocenters. The van der Waals surface area contributed by atoms with Gasteiger partial charge in [-0.05, 0) is 154 Å². The summed E-state index contributed by atoms with van der Waals surface area (Å²) >= 11 is 0. The van der Waals surface area contributed by atoms with Crippen molar-refractivity contribution in [1.29, 1.82) is 0 Å². The summed E-state index contributed by atoms with van der Waals surface area (Å²) in [6, 6.07) is 0. The molecule has 0 aromatic rings. The van der Waals surface area contributed by atoms with Gasteiger partial charge in [0.2, 0.25) is 0 Å². The van der Waals surface area contributed by atoms with Gasteiger partial charge in [-0.1, -0.05) is 251 Å². The highest BCUT2D eigenvalue weighted by Crippen LogP contribution is 2.45. The van der Waals surface area contributed by atoms with Crippen LogP contribution in [0.4, 0.5) is 0 Å². The smallest absolute Gasteiger partial charge is 0.462 e. The van der Waals surface area contributed by atoms with Crippen molar-refractivity contribution >= 4 is 39.5 Å². The van der Waals surface area contributed by atoms with Gasteiger partial charge in [0, 0.05) is 25.7 Å². The van der Waals surface area contributed by atoms with Gasteiger partial charge < -0.3 is 33.8 Å². The Hall–Kier alpha value is -4.80. The Morgan fingerprint density at radius 1 is 0.290 bits per heavy atom. The van der Waals surface area contributed by atoms with Crippen LogP contribution in [0.5, 0.6) is 0 Å². The number of carbonyl (C=O) groups is 4. The third kappa shape index (κ3) is 71.6. The van der Waals surface area contributed by atoms with Crippen LogP contribution in [-0.4, -0.2) is 96.7 Å². The molecule has 0 aromatic heterocycles. The fourth-order valence-electron chi connectivity index (χ4n) is 9.70. The summed E-state index contributed by atoms with van der Waals surface area (Å²) < 4.78 is 68.4. The van der Waals surface area contributed by atoms with Gasteiger partial charge in [-0.2, -0.15) is 0 Å². The first kappa shape index (κ1) is 95.2. The lowest BCUT2D eigenvalue weighted by atomic mass is 10.1. The van der Waals surface area contributed by atoms with Crippen LogP contribution < -0.4 is 0 Å². The summed E-state index contributed by atoms with van der Waals surface area (Å²) in [6.07, 6.45) is 80.1. The van der Waals surface area contributed by atoms with Crippen LogP contribution in [0.1, 0.15) is 297 Å². The highest BCUT2D eigenvalue weighted by molar-refractivity contribution is 7.47. The van der Waals surface area contributed by atoms with Gasteiger partial charge in [0.25, 0.3) is 0 Å². The second kappa shape index (κ2) is 72.5. The molecule has 0 aliphatic heterocycles. The molecule has 0 rings (SSSR count). The van der Waals surface area contributed by atoms with E-state index in [4.69, 9.17) is 37.0 Å². The summed E-state index contributed by atoms with van der Waals surface area (Å²) in [5.74, 6) is -2.26. The van der Waals surface area contributed by atoms with Crippen LogP contribution in [0.25, 0.3) is 0 Å². The first-order chi connectivity index (χ1) is 48.7. The van der Waals surface area contributed by atoms with E-state index in [1.165, 1.54) is 19.3 Å². The maximum atomic E-state index is 13.1. The number of aliphatic hydroxyl groups is 1. The molecule has 0 saturated heterocycles. The number of ether oxygens (including phenoxy) is 4. The lowest BCUT2D eigenvalue weighted by Gasteiger charge is -2.21. The van der Waals surface area contributed by atoms with Gasteiger partial charge in [-0.3, -0.25) is 37.3 Å². The topological polar surface area (TPSA) is 237 Å². The van der Waals surface area contributed by atoms with E-state index in [1.807, 2.05) is 0 Å². The molecular formula is C81H136O17P2. The van der Waals surface area contributed by atoms with Crippen molar-refractivity contribution in [3.63, 3.8) is 0 Å². The molecule has 17 nitrogen and oxygen atoms in total. The van der Waals surface area contributed by atoms with Crippen LogP contribution in [0.3, 0.4) is 0 Å². The van der Waals surface area contributed by atoms with Crippen molar-refractivity contribution in [3.05, 3.63) is 134 Å². The molecule has 0 bridgehead atoms. The molecule has 3 N–H and O–H groups in total. The number of esters is 4. The lowest BCUT2D eigenvalue weighted by Crippen LogP contribution is -2.30. The van der Waals surface area contributed by atoms with Crippen LogP contribution in [-0.2, 0) is 65.4 Å². The van der Waals surface area contributed by atoms with Crippen molar-refractivity contribution < 1.29 is 80.2 Å². The third-order valence-corrected chi connectivity index (χ3v) is 17.4. The van der Waals surface area contributed by atoms with Crippen LogP contribution in [0, 0.1) is 0 Å². The summed E-state index contributed by atoms with van der Waals surface area (Å²) in [5.41, 5.74) is 0. The molecule has 0 radical (unpaired) electrons. The van der Waals surface area contributed by atoms with Gasteiger partial charge in [-0.25, -0.2) is 9.13 Å². The molecule has 0 spiro atoms. The van der Waals surface area contributed by atoms with Crippen molar-refractivity contribution in [2.45, 2.75) is 316 Å². The molecular weight excluding hydrogens is 1310 g/mol. The molecule has 0 aliphatic rings. The minimum absolute atomic E-state index is 0.0671. The zero-order valence-corrected chi connectivity index (χ0v) is 64.1. The molecule has 5 unspecified atom stereocenters. The number of hydrogen-bond acceptors (Lipinski definition) is 15. The molecule has 0 heterocycles. The molecule has 0 saturated carbocycles. The maximum absolute atomic E-state index is 13.1. The van der Waals surface area contributed by atoms with Gasteiger partial charge >= 0.3 is 39.5 Å². The second-order valence-electron chi connectivity index (χ2n) is 25.2. The predicted molar refractivity (Wildman–Crippen MR) is 408 cm³/mol. The Labute approximate surface area is 605 Å². The predicted octanol–water partition coefficient (Wildman–Crippen LogP) is 22.1. The zero-order valence-electron chi connectivity index (χ0n) is 62.3. The first-order valence-electron chi connectivity index (χ1n) is 38.4. The van der Waals surface area contributed by atoms with Gasteiger partial charge in [-0.15, -0.1) is 0 Å². The highest BCUT2D eigenvalue weighted by Gasteiger charge is 2.30. The number of unbranched alkanes of at least 4 members (excludes halogenated alkanes) is 23. The number of carbonyl (C=O) groups excluding carboxylic acids is 4. The van der Waals surface area contributed by atoms with Gasteiger partial charge in [0.1, 0.15) is 19.3 Å². The van der Waals surface area contributed by atoms with Crippen LogP contribution in [0.2, 0.25) is 0 Å². The zero-order chi connectivity index (χ0) is 73.2. The number of aliphatic hydroxyl groups excluding tert-OH is 1. The SMILES string of the molecule is CC/C=C\C/C=C\C/C=C\C/C=C\C/C=C\CCCCCC(=O)OCC(COP(=O)(O)OCC(O)COP(=O)(O)OCC(COC(=O)CCCCCCC/C=C\C/C=C\CCCCC)OC(=O)CCCCCCC/C=C\C/C=C\CCC)OC(=O)CCCCCCC/C=C\C/C=C\CCC. The molecule has 572 valence electrons. The summed E-state index contributed by atoms with van der Waals surface area (Å²) in [6.45, 7) is 4.51. The van der Waals surface area contributed by atoms with E-state index >= 15 is 0 Å². The van der Waals surface area contributed by atoms with Crippen molar-refractivity contribution in [3.8, 4) is 0 Å². The minimum Gasteiger partial charge on any atom is -0.462 e. The Morgan fingerprint density at radius 2 is 0.540 bits per heavy atom. The van der Waals surface area contributed by atoms with Crippen molar-refractivity contribution in [2.24, 2.45) is 0 Å². The number of phosphoric ester groups is 2. The average molecular weight is 1440 g/mol. The maximum Gasteiger partial charge on any atom is 0.472 e. The molecule has 0 aliphatic carbocycles. The van der Waals surface area contributed by atoms with Crippen molar-refractivity contribution in [1.82, 2.24) is 0 Å². The largest absolute Gasteiger partial charge is 0.472 e. The number of phosphoric acid groups is 2. The van der Waals surface area contributed by atoms with E-state index < -0.39 is 97.5 Å². The monoisotopic (exact) mass is 1440 g/mol. The van der Waals surface area contributed by atoms with E-state index in [0.29, 0.717) is 25.7 Å². The fraction of sp³-hybridized carbons (Fsp3) is 0.679. The number of allylic oxidation sites excluding steroid dienone is 22. The molecule has 0 aromatic carbocycles. The first-order valence-corrected chi connectivity index (χ1v) is 41.4. The van der Waals surface area contributed by atoms with E-state index in [9.17, 15) is 43.2 Å². The number of rotatable bonds is 71. The summed E-state index contributed by atoms with van der Waals surface area (Å²) in [4.78, 5) is 72.9. The standard InChI is InChI=1S/C81H136O17P2/c1-5-9-13-17-21-25-29-33-35-36-37-38-40-44-46-50-54-58-62-66-79(84)92-72-77(98-81(86)68-64-60-56-52-48-42-32-28-24-20-16-12-8-4)74-96-100(89,90)94-70-75(82)69-93-99(87,88)95-73-76(97-80(85)67-63-59-55-51-47-41-31-27-23-19-15-11-7-3)71-91-78(83)65-61-57-53-49-45-43-39-34-30-26-22-18-14-10-6-2/h9,13,15-16,19-22,25-28,31-35,37-39,44,46,75-77,82H,5-8,10-12,14,17-18,23-24,29-30,36,40-43,45,47-74H2,1-4H3,(H,87,88)(H,89,90)/b13-9-,19-15-,20-16-,25-21-,26-22-,31-27-,32-28-,35-33-,38-37-,39-34-,46-44-. The Morgan fingerprint density at radius 3 is 0.850 bits per heavy atom. The molecule has 0 fully saturated rings. The summed E-state index contributed by atoms with van der Waals surface area (Å²) in [5, 5.41) is 10.6. The molecule has 0 amide bonds. The van der Waals surface area contributed by atoms with Crippen molar-refractivity contribution in [2.75, 3.05) is 39.6 Å². The van der Waals surface area contributed by atoms with E-state index in [0.717, 1.165) is 199 Å². The quantitative estimate of drug-likeness (QED) is 0.0169. The normalized spacial score (nSPS) is 14.7. The number of hydrogen-bond donors (Lipinski definition) is 3. The average Bonchev–Trinajstić information content (AvgIpc) is 0.935. The lowest BCUT2D eigenvalue weighted by molar-refractivity contribution is -0.161. The van der Waals surface area contributed by atoms with Gasteiger partial charge in [0.05, 0.1) is 26.4 Å². The molecule has 19 heteroatoms. The third-order valence-electron chi connectivity index (χ3n) is 15.5. The second-order valence-corrected chi connectivity index (χ2v) is 28.1. The fourth-order valence-corrected chi connectivity index (χ4v) is 11.3. The minimum atomic E-state index is -4.99. The Bertz CT molecular complexity index is 2420. The molecule has 100 heavy (non-hydrogen) atoms. The van der Waals surface area contributed by atoms with Gasteiger partial charge in [0.15, 0.2) is 12.2 Å². The highest BCUT2D eigenvalue weighted by atomic mass is 31.2. The Balaban J connectivity index is 5.39. The van der Waals surface area contributed by atoms with Crippen LogP contribution >= 0.6 is 15.6 Å². The van der Waals surface area contributed by atoms with Crippen LogP contribution in [0.15, 0.2) is 134 Å². The Kier molecular flexibility index (Phi) is 69.1.